The minimum atomic E-state index is -0.216. The number of thioether (sulfide) groups is 1. The molecule has 0 atom stereocenters. The fourth-order valence-corrected chi connectivity index (χ4v) is 7.49. The van der Waals surface area contributed by atoms with Crippen molar-refractivity contribution in [3.63, 3.8) is 0 Å². The van der Waals surface area contributed by atoms with Crippen molar-refractivity contribution >= 4 is 17.7 Å². The van der Waals surface area contributed by atoms with Crippen LogP contribution in [0.1, 0.15) is 82.8 Å². The minimum Gasteiger partial charge on any atom is -0.495 e. The standard InChI is InChI=1S/C34H43N3O3S/c1-4-6-21-36(22-7-5-2)29(38)24-41-33-35-31-26-16-10-9-15-25(26)23-34(19-13-8-14-20-34)30(31)32(39)37(33)27-17-11-12-18-28(27)40-3/h9-12,15-18H,4-8,13-14,19-24H2,1-3H3. The molecule has 0 bridgehead atoms. The Hall–Kier alpha value is -3.06. The van der Waals surface area contributed by atoms with Crippen molar-refractivity contribution in [2.45, 2.75) is 88.6 Å². The Kier molecular flexibility index (Phi) is 9.53. The van der Waals surface area contributed by atoms with E-state index in [9.17, 15) is 9.59 Å². The lowest BCUT2D eigenvalue weighted by Gasteiger charge is -2.42. The third-order valence-corrected chi connectivity index (χ3v) is 9.68. The van der Waals surface area contributed by atoms with Crippen LogP contribution in [0, 0.1) is 0 Å². The van der Waals surface area contributed by atoms with Crippen LogP contribution < -0.4 is 10.3 Å². The molecule has 2 aliphatic carbocycles. The van der Waals surface area contributed by atoms with Gasteiger partial charge in [-0.3, -0.25) is 14.2 Å². The number of rotatable bonds is 11. The van der Waals surface area contributed by atoms with Gasteiger partial charge in [-0.2, -0.15) is 0 Å². The van der Waals surface area contributed by atoms with E-state index in [1.54, 1.807) is 11.7 Å². The molecule has 7 heteroatoms. The second-order valence-electron chi connectivity index (χ2n) is 11.5. The summed E-state index contributed by atoms with van der Waals surface area (Å²) in [5, 5.41) is 0.542. The van der Waals surface area contributed by atoms with Gasteiger partial charge in [0.2, 0.25) is 5.91 Å². The first-order valence-electron chi connectivity index (χ1n) is 15.3. The Bertz CT molecular complexity index is 1420. The zero-order valence-corrected chi connectivity index (χ0v) is 25.6. The highest BCUT2D eigenvalue weighted by Gasteiger charge is 2.43. The number of aromatic nitrogens is 2. The number of para-hydroxylation sites is 2. The maximum absolute atomic E-state index is 14.8. The summed E-state index contributed by atoms with van der Waals surface area (Å²) in [5.41, 5.74) is 4.37. The van der Waals surface area contributed by atoms with Crippen LogP contribution in [-0.4, -0.2) is 46.3 Å². The number of amides is 1. The molecule has 0 radical (unpaired) electrons. The first-order chi connectivity index (χ1) is 20.0. The summed E-state index contributed by atoms with van der Waals surface area (Å²) in [5.74, 6) is 0.950. The molecule has 1 aromatic heterocycles. The Labute approximate surface area is 248 Å². The predicted molar refractivity (Wildman–Crippen MR) is 167 cm³/mol. The van der Waals surface area contributed by atoms with Crippen molar-refractivity contribution in [1.29, 1.82) is 0 Å². The molecule has 1 saturated carbocycles. The number of methoxy groups -OCH3 is 1. The smallest absolute Gasteiger partial charge is 0.263 e. The molecule has 0 aliphatic heterocycles. The second kappa shape index (κ2) is 13.3. The highest BCUT2D eigenvalue weighted by atomic mass is 32.2. The normalized spacial score (nSPS) is 15.3. The quantitative estimate of drug-likeness (QED) is 0.179. The maximum atomic E-state index is 14.8. The maximum Gasteiger partial charge on any atom is 0.263 e. The van der Waals surface area contributed by atoms with Crippen LogP contribution in [0.5, 0.6) is 5.75 Å². The van der Waals surface area contributed by atoms with E-state index in [2.05, 4.69) is 32.0 Å². The van der Waals surface area contributed by atoms with Crippen LogP contribution in [0.4, 0.5) is 0 Å². The lowest BCUT2D eigenvalue weighted by atomic mass is 9.62. The largest absolute Gasteiger partial charge is 0.495 e. The van der Waals surface area contributed by atoms with Gasteiger partial charge in [-0.15, -0.1) is 0 Å². The Morgan fingerprint density at radius 3 is 2.39 bits per heavy atom. The van der Waals surface area contributed by atoms with Gasteiger partial charge >= 0.3 is 0 Å². The van der Waals surface area contributed by atoms with Crippen molar-refractivity contribution in [2.75, 3.05) is 26.0 Å². The number of benzene rings is 2. The number of nitrogens with zero attached hydrogens (tertiary/aromatic N) is 3. The predicted octanol–water partition coefficient (Wildman–Crippen LogP) is 7.19. The van der Waals surface area contributed by atoms with Gasteiger partial charge in [-0.05, 0) is 49.8 Å². The van der Waals surface area contributed by atoms with E-state index < -0.39 is 0 Å². The van der Waals surface area contributed by atoms with E-state index in [1.807, 2.05) is 35.2 Å². The van der Waals surface area contributed by atoms with Crippen LogP contribution in [0.15, 0.2) is 58.5 Å². The molecular weight excluding hydrogens is 530 g/mol. The molecule has 0 unspecified atom stereocenters. The summed E-state index contributed by atoms with van der Waals surface area (Å²) < 4.78 is 7.45. The average Bonchev–Trinajstić information content (AvgIpc) is 3.00. The molecule has 1 amide bonds. The van der Waals surface area contributed by atoms with Crippen LogP contribution in [-0.2, 0) is 16.6 Å². The van der Waals surface area contributed by atoms with Gasteiger partial charge in [0.25, 0.3) is 5.56 Å². The molecule has 3 aromatic rings. The van der Waals surface area contributed by atoms with Crippen molar-refractivity contribution < 1.29 is 9.53 Å². The number of hydrogen-bond donors (Lipinski definition) is 0. The molecule has 218 valence electrons. The lowest BCUT2D eigenvalue weighted by Crippen LogP contribution is -2.43. The molecule has 1 spiro atoms. The van der Waals surface area contributed by atoms with E-state index in [1.165, 1.54) is 23.7 Å². The number of carbonyl (C=O) groups is 1. The first-order valence-corrected chi connectivity index (χ1v) is 16.3. The molecule has 0 N–H and O–H groups in total. The lowest BCUT2D eigenvalue weighted by molar-refractivity contribution is -0.128. The Balaban J connectivity index is 1.65. The number of fused-ring (bicyclic) bond motifs is 4. The summed E-state index contributed by atoms with van der Waals surface area (Å²) in [6.07, 6.45) is 10.4. The third-order valence-electron chi connectivity index (χ3n) is 8.76. The van der Waals surface area contributed by atoms with Crippen LogP contribution in [0.25, 0.3) is 16.9 Å². The average molecular weight is 574 g/mol. The summed E-state index contributed by atoms with van der Waals surface area (Å²) in [6.45, 7) is 5.83. The zero-order chi connectivity index (χ0) is 28.8. The topological polar surface area (TPSA) is 64.4 Å². The molecule has 1 fully saturated rings. The Morgan fingerprint density at radius 1 is 1.00 bits per heavy atom. The fraction of sp³-hybridized carbons (Fsp3) is 0.500. The van der Waals surface area contributed by atoms with E-state index >= 15 is 0 Å². The zero-order valence-electron chi connectivity index (χ0n) is 24.8. The first kappa shape index (κ1) is 29.4. The Morgan fingerprint density at radius 2 is 1.68 bits per heavy atom. The summed E-state index contributed by atoms with van der Waals surface area (Å²) in [6, 6.07) is 16.0. The van der Waals surface area contributed by atoms with Crippen LogP contribution in [0.2, 0.25) is 0 Å². The minimum absolute atomic E-state index is 0.0281. The van der Waals surface area contributed by atoms with Crippen molar-refractivity contribution in [3.05, 3.63) is 70.0 Å². The molecule has 41 heavy (non-hydrogen) atoms. The number of carbonyl (C=O) groups excluding carboxylic acids is 1. The summed E-state index contributed by atoms with van der Waals surface area (Å²) >= 11 is 1.37. The number of unbranched alkanes of at least 4 members (excludes halogenated alkanes) is 2. The SMILES string of the molecule is CCCCN(CCCC)C(=O)CSc1nc2c(c(=O)n1-c1ccccc1OC)C1(CCCCC1)Cc1ccccc1-2. The van der Waals surface area contributed by atoms with Gasteiger partial charge in [-0.1, -0.05) is 94.1 Å². The molecule has 6 nitrogen and oxygen atoms in total. The summed E-state index contributed by atoms with van der Waals surface area (Å²) in [4.78, 5) is 35.5. The van der Waals surface area contributed by atoms with Crippen LogP contribution in [0.3, 0.4) is 0 Å². The molecular formula is C34H43N3O3S. The highest BCUT2D eigenvalue weighted by Crippen LogP contribution is 2.49. The van der Waals surface area contributed by atoms with Gasteiger partial charge in [0.05, 0.1) is 29.8 Å². The fourth-order valence-electron chi connectivity index (χ4n) is 6.59. The second-order valence-corrected chi connectivity index (χ2v) is 12.4. The van der Waals surface area contributed by atoms with Gasteiger partial charge in [0, 0.05) is 24.1 Å². The molecule has 1 heterocycles. The van der Waals surface area contributed by atoms with Crippen molar-refractivity contribution in [1.82, 2.24) is 14.5 Å². The molecule has 5 rings (SSSR count). The van der Waals surface area contributed by atoms with Gasteiger partial charge in [0.15, 0.2) is 5.16 Å². The number of hydrogen-bond acceptors (Lipinski definition) is 5. The van der Waals surface area contributed by atoms with Gasteiger partial charge < -0.3 is 9.64 Å². The van der Waals surface area contributed by atoms with E-state index in [0.717, 1.165) is 87.7 Å². The van der Waals surface area contributed by atoms with Crippen LogP contribution >= 0.6 is 11.8 Å². The van der Waals surface area contributed by atoms with E-state index in [-0.39, 0.29) is 22.6 Å². The van der Waals surface area contributed by atoms with E-state index in [4.69, 9.17) is 9.72 Å². The highest BCUT2D eigenvalue weighted by molar-refractivity contribution is 7.99. The van der Waals surface area contributed by atoms with Gasteiger partial charge in [-0.25, -0.2) is 4.98 Å². The van der Waals surface area contributed by atoms with Crippen molar-refractivity contribution in [2.24, 2.45) is 0 Å². The molecule has 0 saturated heterocycles. The monoisotopic (exact) mass is 573 g/mol. The molecule has 2 aromatic carbocycles. The van der Waals surface area contributed by atoms with Gasteiger partial charge in [0.1, 0.15) is 5.75 Å². The molecule has 2 aliphatic rings. The van der Waals surface area contributed by atoms with Crippen molar-refractivity contribution in [3.8, 4) is 22.7 Å². The number of ether oxygens (including phenoxy) is 1. The third kappa shape index (κ3) is 5.97. The summed E-state index contributed by atoms with van der Waals surface area (Å²) in [7, 11) is 1.63. The van der Waals surface area contributed by atoms with E-state index in [0.29, 0.717) is 16.6 Å².